The average Bonchev–Trinajstić information content (AvgIpc) is 2.58. The number of aliphatic imine (C=N–C) groups is 1. The highest BCUT2D eigenvalue weighted by Crippen LogP contribution is 2.04. The van der Waals surface area contributed by atoms with E-state index in [4.69, 9.17) is 14.5 Å². The molecule has 2 fully saturated rings. The van der Waals surface area contributed by atoms with Crippen LogP contribution in [0.15, 0.2) is 4.99 Å². The van der Waals surface area contributed by atoms with Crippen molar-refractivity contribution in [3.8, 4) is 0 Å². The standard InChI is InChI=1S/C16H33N5O2/c1-4-17-16(19-12-15-13-20(3)5-10-23-15)18-11-14(2)21-6-8-22-9-7-21/h14-15H,4-13H2,1-3H3,(H2,17,18,19). The molecule has 0 amide bonds. The minimum absolute atomic E-state index is 0.231. The highest BCUT2D eigenvalue weighted by molar-refractivity contribution is 5.79. The smallest absolute Gasteiger partial charge is 0.191 e. The van der Waals surface area contributed by atoms with Crippen LogP contribution in [-0.4, -0.2) is 101 Å². The van der Waals surface area contributed by atoms with Gasteiger partial charge in [0, 0.05) is 45.3 Å². The van der Waals surface area contributed by atoms with Gasteiger partial charge in [-0.1, -0.05) is 0 Å². The molecule has 2 aliphatic heterocycles. The molecular formula is C16H33N5O2. The Hall–Kier alpha value is -0.890. The van der Waals surface area contributed by atoms with Gasteiger partial charge >= 0.3 is 0 Å². The molecule has 2 rings (SSSR count). The molecule has 0 aliphatic carbocycles. The van der Waals surface area contributed by atoms with Gasteiger partial charge in [0.15, 0.2) is 5.96 Å². The topological polar surface area (TPSA) is 61.4 Å². The van der Waals surface area contributed by atoms with E-state index >= 15 is 0 Å². The zero-order valence-electron chi connectivity index (χ0n) is 14.9. The van der Waals surface area contributed by atoms with E-state index in [1.54, 1.807) is 0 Å². The van der Waals surface area contributed by atoms with E-state index < -0.39 is 0 Å². The van der Waals surface area contributed by atoms with Gasteiger partial charge in [0.05, 0.1) is 32.5 Å². The Morgan fingerprint density at radius 2 is 2.00 bits per heavy atom. The van der Waals surface area contributed by atoms with Gasteiger partial charge in [-0.15, -0.1) is 0 Å². The van der Waals surface area contributed by atoms with Gasteiger partial charge in [0.2, 0.25) is 0 Å². The van der Waals surface area contributed by atoms with Crippen LogP contribution >= 0.6 is 0 Å². The first-order valence-corrected chi connectivity index (χ1v) is 8.83. The molecule has 23 heavy (non-hydrogen) atoms. The summed E-state index contributed by atoms with van der Waals surface area (Å²) in [5, 5.41) is 6.73. The predicted molar refractivity (Wildman–Crippen MR) is 93.1 cm³/mol. The number of nitrogens with zero attached hydrogens (tertiary/aromatic N) is 3. The van der Waals surface area contributed by atoms with E-state index in [-0.39, 0.29) is 6.10 Å². The molecule has 2 atom stereocenters. The molecule has 0 saturated carbocycles. The molecule has 2 unspecified atom stereocenters. The van der Waals surface area contributed by atoms with E-state index in [1.165, 1.54) is 0 Å². The number of hydrogen-bond donors (Lipinski definition) is 2. The molecule has 134 valence electrons. The predicted octanol–water partition coefficient (Wildman–Crippen LogP) is -0.407. The van der Waals surface area contributed by atoms with Crippen LogP contribution in [0, 0.1) is 0 Å². The first-order chi connectivity index (χ1) is 11.2. The fourth-order valence-corrected chi connectivity index (χ4v) is 2.90. The molecule has 2 heterocycles. The van der Waals surface area contributed by atoms with Crippen LogP contribution in [-0.2, 0) is 9.47 Å². The Balaban J connectivity index is 1.76. The van der Waals surface area contributed by atoms with Crippen LogP contribution in [0.3, 0.4) is 0 Å². The van der Waals surface area contributed by atoms with Crippen molar-refractivity contribution in [1.82, 2.24) is 20.4 Å². The molecule has 2 aliphatic rings. The maximum absolute atomic E-state index is 5.79. The number of hydrogen-bond acceptors (Lipinski definition) is 5. The Bertz CT molecular complexity index is 360. The molecule has 0 aromatic heterocycles. The lowest BCUT2D eigenvalue weighted by Crippen LogP contribution is -2.49. The minimum Gasteiger partial charge on any atom is -0.379 e. The third-order valence-corrected chi connectivity index (χ3v) is 4.37. The van der Waals surface area contributed by atoms with Gasteiger partial charge in [0.25, 0.3) is 0 Å². The SMILES string of the molecule is CCNC(=NCC(C)N1CCOCC1)NCC1CN(C)CCO1. The number of nitrogens with one attached hydrogen (secondary N) is 2. The fraction of sp³-hybridized carbons (Fsp3) is 0.938. The van der Waals surface area contributed by atoms with Gasteiger partial charge in [-0.3, -0.25) is 9.89 Å². The fourth-order valence-electron chi connectivity index (χ4n) is 2.90. The molecule has 2 saturated heterocycles. The number of morpholine rings is 2. The second-order valence-corrected chi connectivity index (χ2v) is 6.35. The highest BCUT2D eigenvalue weighted by atomic mass is 16.5. The Morgan fingerprint density at radius 3 is 2.70 bits per heavy atom. The summed E-state index contributed by atoms with van der Waals surface area (Å²) in [5.74, 6) is 0.879. The summed E-state index contributed by atoms with van der Waals surface area (Å²) in [6.45, 7) is 13.2. The van der Waals surface area contributed by atoms with E-state index in [9.17, 15) is 0 Å². The monoisotopic (exact) mass is 327 g/mol. The summed E-state index contributed by atoms with van der Waals surface area (Å²) in [6, 6.07) is 0.437. The third kappa shape index (κ3) is 6.63. The van der Waals surface area contributed by atoms with Gasteiger partial charge in [0.1, 0.15) is 0 Å². The minimum atomic E-state index is 0.231. The quantitative estimate of drug-likeness (QED) is 0.511. The van der Waals surface area contributed by atoms with Crippen LogP contribution < -0.4 is 10.6 Å². The lowest BCUT2D eigenvalue weighted by atomic mass is 10.2. The highest BCUT2D eigenvalue weighted by Gasteiger charge is 2.19. The van der Waals surface area contributed by atoms with Crippen molar-refractivity contribution in [3.63, 3.8) is 0 Å². The number of likely N-dealkylation sites (N-methyl/N-ethyl adjacent to an activating group) is 1. The Morgan fingerprint density at radius 1 is 1.22 bits per heavy atom. The number of rotatable bonds is 6. The second-order valence-electron chi connectivity index (χ2n) is 6.35. The molecule has 0 radical (unpaired) electrons. The van der Waals surface area contributed by atoms with Gasteiger partial charge in [-0.05, 0) is 20.9 Å². The van der Waals surface area contributed by atoms with Gasteiger partial charge in [-0.25, -0.2) is 0 Å². The lowest BCUT2D eigenvalue weighted by Gasteiger charge is -2.32. The summed E-state index contributed by atoms with van der Waals surface area (Å²) in [5.41, 5.74) is 0. The van der Waals surface area contributed by atoms with Crippen LogP contribution in [0.1, 0.15) is 13.8 Å². The zero-order chi connectivity index (χ0) is 16.5. The van der Waals surface area contributed by atoms with Crippen LogP contribution in [0.5, 0.6) is 0 Å². The van der Waals surface area contributed by atoms with E-state index in [0.29, 0.717) is 6.04 Å². The third-order valence-electron chi connectivity index (χ3n) is 4.37. The van der Waals surface area contributed by atoms with Crippen molar-refractivity contribution in [2.24, 2.45) is 4.99 Å². The van der Waals surface area contributed by atoms with Crippen molar-refractivity contribution in [1.29, 1.82) is 0 Å². The summed E-state index contributed by atoms with van der Waals surface area (Å²) >= 11 is 0. The summed E-state index contributed by atoms with van der Waals surface area (Å²) in [7, 11) is 2.14. The van der Waals surface area contributed by atoms with Gasteiger partial charge in [-0.2, -0.15) is 0 Å². The summed E-state index contributed by atoms with van der Waals surface area (Å²) in [4.78, 5) is 9.48. The van der Waals surface area contributed by atoms with Crippen LogP contribution in [0.25, 0.3) is 0 Å². The second kappa shape index (κ2) is 10.1. The molecule has 2 N–H and O–H groups in total. The van der Waals surface area contributed by atoms with Crippen molar-refractivity contribution >= 4 is 5.96 Å². The largest absolute Gasteiger partial charge is 0.379 e. The molecule has 7 nitrogen and oxygen atoms in total. The van der Waals surface area contributed by atoms with Crippen LogP contribution in [0.4, 0.5) is 0 Å². The van der Waals surface area contributed by atoms with E-state index in [0.717, 1.165) is 71.6 Å². The molecule has 0 aromatic carbocycles. The molecule has 7 heteroatoms. The lowest BCUT2D eigenvalue weighted by molar-refractivity contribution is -0.0161. The molecule has 0 bridgehead atoms. The Kier molecular flexibility index (Phi) is 8.08. The maximum atomic E-state index is 5.79. The molecule has 0 spiro atoms. The van der Waals surface area contributed by atoms with Crippen molar-refractivity contribution in [3.05, 3.63) is 0 Å². The maximum Gasteiger partial charge on any atom is 0.191 e. The van der Waals surface area contributed by atoms with Crippen LogP contribution in [0.2, 0.25) is 0 Å². The number of guanidine groups is 1. The first kappa shape index (κ1) is 18.4. The van der Waals surface area contributed by atoms with Crippen molar-refractivity contribution < 1.29 is 9.47 Å². The van der Waals surface area contributed by atoms with E-state index in [2.05, 4.69) is 41.3 Å². The normalized spacial score (nSPS) is 26.0. The first-order valence-electron chi connectivity index (χ1n) is 8.83. The van der Waals surface area contributed by atoms with Crippen molar-refractivity contribution in [2.75, 3.05) is 72.7 Å². The average molecular weight is 327 g/mol. The van der Waals surface area contributed by atoms with Crippen molar-refractivity contribution in [2.45, 2.75) is 26.0 Å². The summed E-state index contributed by atoms with van der Waals surface area (Å²) < 4.78 is 11.2. The Labute approximate surface area is 140 Å². The van der Waals surface area contributed by atoms with E-state index in [1.807, 2.05) is 0 Å². The van der Waals surface area contributed by atoms with Gasteiger partial charge < -0.3 is 25.0 Å². The number of ether oxygens (including phenoxy) is 2. The summed E-state index contributed by atoms with van der Waals surface area (Å²) in [6.07, 6.45) is 0.231. The zero-order valence-corrected chi connectivity index (χ0v) is 14.9. The molecule has 0 aromatic rings. The molecular weight excluding hydrogens is 294 g/mol.